The predicted octanol–water partition coefficient (Wildman–Crippen LogP) is 3.58. The number of thiazole rings is 1. The van der Waals surface area contributed by atoms with Gasteiger partial charge >= 0.3 is 0 Å². The maximum Gasteiger partial charge on any atom is 0.185 e. The molecule has 1 fully saturated rings. The summed E-state index contributed by atoms with van der Waals surface area (Å²) in [5.41, 5.74) is 1.19. The average molecular weight is 289 g/mol. The number of halogens is 1. The van der Waals surface area contributed by atoms with Gasteiger partial charge in [-0.3, -0.25) is 0 Å². The number of alkyl halides is 1. The van der Waals surface area contributed by atoms with Gasteiger partial charge in [-0.05, 0) is 25.7 Å². The van der Waals surface area contributed by atoms with Crippen LogP contribution in [0.3, 0.4) is 0 Å². The van der Waals surface area contributed by atoms with Crippen LogP contribution in [0.5, 0.6) is 0 Å². The Hall–Kier alpha value is -0.0900. The molecule has 0 bridgehead atoms. The smallest absolute Gasteiger partial charge is 0.185 e. The number of aryl methyl sites for hydroxylation is 1. The fourth-order valence-electron chi connectivity index (χ4n) is 2.04. The highest BCUT2D eigenvalue weighted by molar-refractivity contribution is 9.08. The first-order valence-electron chi connectivity index (χ1n) is 5.48. The molecule has 1 aliphatic heterocycles. The van der Waals surface area contributed by atoms with Gasteiger partial charge in [0.25, 0.3) is 0 Å². The van der Waals surface area contributed by atoms with Crippen molar-refractivity contribution in [2.24, 2.45) is 5.92 Å². The summed E-state index contributed by atoms with van der Waals surface area (Å²) in [6.07, 6.45) is 2.68. The van der Waals surface area contributed by atoms with Gasteiger partial charge in [0.15, 0.2) is 5.13 Å². The van der Waals surface area contributed by atoms with Gasteiger partial charge in [0.05, 0.1) is 5.69 Å². The SMILES string of the molecule is Cc1nc(N2CCCC(C)C2)sc1CBr. The van der Waals surface area contributed by atoms with E-state index in [0.29, 0.717) is 0 Å². The second-order valence-electron chi connectivity index (χ2n) is 4.33. The molecule has 0 saturated carbocycles. The normalized spacial score (nSPS) is 22.1. The Morgan fingerprint density at radius 3 is 3.00 bits per heavy atom. The molecule has 0 amide bonds. The molecule has 0 aromatic carbocycles. The lowest BCUT2D eigenvalue weighted by Gasteiger charge is -2.30. The van der Waals surface area contributed by atoms with Gasteiger partial charge in [0, 0.05) is 23.3 Å². The van der Waals surface area contributed by atoms with Crippen molar-refractivity contribution < 1.29 is 0 Å². The Labute approximate surface area is 104 Å². The fourth-order valence-corrected chi connectivity index (χ4v) is 3.73. The first-order valence-corrected chi connectivity index (χ1v) is 7.41. The van der Waals surface area contributed by atoms with Gasteiger partial charge in [0.2, 0.25) is 0 Å². The number of hydrogen-bond donors (Lipinski definition) is 0. The maximum absolute atomic E-state index is 4.65. The molecule has 2 nitrogen and oxygen atoms in total. The summed E-state index contributed by atoms with van der Waals surface area (Å²) in [6, 6.07) is 0. The van der Waals surface area contributed by atoms with E-state index in [9.17, 15) is 0 Å². The van der Waals surface area contributed by atoms with E-state index in [1.165, 1.54) is 41.6 Å². The van der Waals surface area contributed by atoms with Crippen LogP contribution in [0.1, 0.15) is 30.3 Å². The summed E-state index contributed by atoms with van der Waals surface area (Å²) in [5, 5.41) is 2.15. The van der Waals surface area contributed by atoms with Crippen molar-refractivity contribution in [3.8, 4) is 0 Å². The van der Waals surface area contributed by atoms with E-state index in [2.05, 4.69) is 39.7 Å². The minimum absolute atomic E-state index is 0.815. The van der Waals surface area contributed by atoms with Crippen LogP contribution >= 0.6 is 27.3 Å². The van der Waals surface area contributed by atoms with Crippen LogP contribution in [0.4, 0.5) is 5.13 Å². The van der Waals surface area contributed by atoms with Crippen LogP contribution in [0.2, 0.25) is 0 Å². The van der Waals surface area contributed by atoms with Gasteiger partial charge in [0.1, 0.15) is 0 Å². The summed E-state index contributed by atoms with van der Waals surface area (Å²) in [6.45, 7) is 6.79. The van der Waals surface area contributed by atoms with Gasteiger partial charge in [-0.1, -0.05) is 22.9 Å². The molecule has 0 spiro atoms. The Morgan fingerprint density at radius 2 is 2.40 bits per heavy atom. The third kappa shape index (κ3) is 2.53. The summed E-state index contributed by atoms with van der Waals surface area (Å²) >= 11 is 5.35. The van der Waals surface area contributed by atoms with Crippen LogP contribution in [0.25, 0.3) is 0 Å². The Kier molecular flexibility index (Phi) is 3.67. The second kappa shape index (κ2) is 4.83. The number of hydrogen-bond acceptors (Lipinski definition) is 3. The molecule has 0 radical (unpaired) electrons. The first kappa shape index (κ1) is 11.4. The molecule has 0 N–H and O–H groups in total. The van der Waals surface area contributed by atoms with Gasteiger partial charge in [-0.15, -0.1) is 11.3 Å². The summed E-state index contributed by atoms with van der Waals surface area (Å²) < 4.78 is 0. The molecule has 15 heavy (non-hydrogen) atoms. The highest BCUT2D eigenvalue weighted by atomic mass is 79.9. The van der Waals surface area contributed by atoms with Crippen molar-refractivity contribution in [1.29, 1.82) is 0 Å². The molecule has 1 saturated heterocycles. The molecule has 4 heteroatoms. The van der Waals surface area contributed by atoms with Crippen LogP contribution in [0.15, 0.2) is 0 Å². The molecule has 1 atom stereocenters. The van der Waals surface area contributed by atoms with E-state index in [1.54, 1.807) is 0 Å². The molecule has 2 heterocycles. The minimum Gasteiger partial charge on any atom is -0.348 e. The zero-order valence-electron chi connectivity index (χ0n) is 9.29. The maximum atomic E-state index is 4.65. The van der Waals surface area contributed by atoms with Crippen LogP contribution < -0.4 is 4.90 Å². The fraction of sp³-hybridized carbons (Fsp3) is 0.727. The van der Waals surface area contributed by atoms with E-state index in [1.807, 2.05) is 11.3 Å². The number of aromatic nitrogens is 1. The first-order chi connectivity index (χ1) is 7.20. The number of rotatable bonds is 2. The predicted molar refractivity (Wildman–Crippen MR) is 70.1 cm³/mol. The quantitative estimate of drug-likeness (QED) is 0.774. The van der Waals surface area contributed by atoms with Crippen molar-refractivity contribution in [1.82, 2.24) is 4.98 Å². The van der Waals surface area contributed by atoms with Gasteiger partial charge in [-0.25, -0.2) is 4.98 Å². The number of piperidine rings is 1. The lowest BCUT2D eigenvalue weighted by Crippen LogP contribution is -2.34. The van der Waals surface area contributed by atoms with Crippen molar-refractivity contribution in [3.63, 3.8) is 0 Å². The molecular weight excluding hydrogens is 272 g/mol. The molecule has 2 rings (SSSR count). The van der Waals surface area contributed by atoms with E-state index >= 15 is 0 Å². The third-order valence-corrected chi connectivity index (χ3v) is 5.08. The zero-order valence-corrected chi connectivity index (χ0v) is 11.7. The molecule has 1 aliphatic rings. The second-order valence-corrected chi connectivity index (χ2v) is 5.95. The third-order valence-electron chi connectivity index (χ3n) is 2.93. The van der Waals surface area contributed by atoms with E-state index in [-0.39, 0.29) is 0 Å². The van der Waals surface area contributed by atoms with Crippen molar-refractivity contribution >= 4 is 32.4 Å². The van der Waals surface area contributed by atoms with Gasteiger partial charge < -0.3 is 4.90 Å². The van der Waals surface area contributed by atoms with Crippen LogP contribution in [-0.2, 0) is 5.33 Å². The monoisotopic (exact) mass is 288 g/mol. The van der Waals surface area contributed by atoms with E-state index < -0.39 is 0 Å². The van der Waals surface area contributed by atoms with Gasteiger partial charge in [-0.2, -0.15) is 0 Å². The van der Waals surface area contributed by atoms with Crippen LogP contribution in [-0.4, -0.2) is 18.1 Å². The average Bonchev–Trinajstić information content (AvgIpc) is 2.60. The Bertz CT molecular complexity index is 337. The molecule has 0 aliphatic carbocycles. The molecule has 1 aromatic rings. The standard InChI is InChI=1S/C11H17BrN2S/c1-8-4-3-5-14(7-8)11-13-9(2)10(6-12)15-11/h8H,3-7H2,1-2H3. The minimum atomic E-state index is 0.815. The van der Waals surface area contributed by atoms with Crippen molar-refractivity contribution in [2.75, 3.05) is 18.0 Å². The van der Waals surface area contributed by atoms with E-state index in [4.69, 9.17) is 0 Å². The zero-order chi connectivity index (χ0) is 10.8. The van der Waals surface area contributed by atoms with E-state index in [0.717, 1.165) is 11.2 Å². The Morgan fingerprint density at radius 1 is 1.60 bits per heavy atom. The lowest BCUT2D eigenvalue weighted by molar-refractivity contribution is 0.446. The number of anilines is 1. The largest absolute Gasteiger partial charge is 0.348 e. The molecular formula is C11H17BrN2S. The molecule has 1 unspecified atom stereocenters. The topological polar surface area (TPSA) is 16.1 Å². The van der Waals surface area contributed by atoms with Crippen molar-refractivity contribution in [2.45, 2.75) is 32.0 Å². The van der Waals surface area contributed by atoms with Crippen LogP contribution in [0, 0.1) is 12.8 Å². The summed E-state index contributed by atoms with van der Waals surface area (Å²) in [5.74, 6) is 0.815. The highest BCUT2D eigenvalue weighted by Gasteiger charge is 2.19. The number of nitrogens with zero attached hydrogens (tertiary/aromatic N) is 2. The summed E-state index contributed by atoms with van der Waals surface area (Å²) in [4.78, 5) is 8.46. The molecule has 1 aromatic heterocycles. The van der Waals surface area contributed by atoms with Crippen molar-refractivity contribution in [3.05, 3.63) is 10.6 Å². The highest BCUT2D eigenvalue weighted by Crippen LogP contribution is 2.30. The lowest BCUT2D eigenvalue weighted by atomic mass is 10.0. The molecule has 84 valence electrons. The Balaban J connectivity index is 2.14. The summed E-state index contributed by atoms with van der Waals surface area (Å²) in [7, 11) is 0.